The van der Waals surface area contributed by atoms with Crippen molar-refractivity contribution in [3.05, 3.63) is 0 Å². The van der Waals surface area contributed by atoms with Gasteiger partial charge >= 0.3 is 5.97 Å². The van der Waals surface area contributed by atoms with E-state index in [1.807, 2.05) is 0 Å². The molecule has 2 N–H and O–H groups in total. The first-order chi connectivity index (χ1) is 10.9. The Kier molecular flexibility index (Phi) is 3.22. The molecule has 4 fully saturated rings. The molecule has 4 aliphatic rings. The Labute approximate surface area is 136 Å². The van der Waals surface area contributed by atoms with Crippen LogP contribution in [0, 0.1) is 16.7 Å². The molecule has 6 heteroatoms. The lowest BCUT2D eigenvalue weighted by Crippen LogP contribution is -2.67. The Balaban J connectivity index is 1.93. The van der Waals surface area contributed by atoms with E-state index in [0.717, 1.165) is 19.3 Å². The van der Waals surface area contributed by atoms with E-state index < -0.39 is 34.8 Å². The Morgan fingerprint density at radius 1 is 1.26 bits per heavy atom. The van der Waals surface area contributed by atoms with Crippen LogP contribution in [-0.4, -0.2) is 53.5 Å². The maximum Gasteiger partial charge on any atom is 0.342 e. The number of hydrogen-bond donors (Lipinski definition) is 2. The molecule has 0 radical (unpaired) electrons. The Bertz CT molecular complexity index is 537. The molecule has 23 heavy (non-hydrogen) atoms. The largest absolute Gasteiger partial charge is 0.463 e. The minimum absolute atomic E-state index is 0.205. The molecule has 0 aromatic carbocycles. The van der Waals surface area contributed by atoms with Crippen molar-refractivity contribution in [1.82, 2.24) is 0 Å². The number of carbonyl (C=O) groups excluding carboxylic acids is 1. The predicted octanol–water partition coefficient (Wildman–Crippen LogP) is 0.985. The highest BCUT2D eigenvalue weighted by molar-refractivity contribution is 5.84. The van der Waals surface area contributed by atoms with Gasteiger partial charge in [-0.15, -0.1) is 0 Å². The van der Waals surface area contributed by atoms with Gasteiger partial charge in [0.1, 0.15) is 5.60 Å². The quantitative estimate of drug-likeness (QED) is 0.736. The standard InChI is InChI=1S/C17H26O6/c1-11(10-18)16(20)6-5-14(2)15-4-3-8-21-12(19)17(14,16)23-13(15)22-9-7-15/h11,13,18,20H,3-10H2,1-2H3/t11-,13?,14?,15?,16?,17?/m1/s1. The molecule has 3 saturated heterocycles. The van der Waals surface area contributed by atoms with Gasteiger partial charge in [0.05, 0.1) is 13.2 Å². The molecule has 0 amide bonds. The summed E-state index contributed by atoms with van der Waals surface area (Å²) in [6, 6.07) is 0. The highest BCUT2D eigenvalue weighted by atomic mass is 16.7. The van der Waals surface area contributed by atoms with Crippen molar-refractivity contribution in [2.45, 2.75) is 63.4 Å². The summed E-state index contributed by atoms with van der Waals surface area (Å²) in [6.45, 7) is 4.58. The summed E-state index contributed by atoms with van der Waals surface area (Å²) < 4.78 is 17.6. The summed E-state index contributed by atoms with van der Waals surface area (Å²) >= 11 is 0. The van der Waals surface area contributed by atoms with Crippen LogP contribution < -0.4 is 0 Å². The molecule has 0 aromatic heterocycles. The van der Waals surface area contributed by atoms with Crippen LogP contribution in [-0.2, 0) is 19.0 Å². The van der Waals surface area contributed by atoms with E-state index in [9.17, 15) is 15.0 Å². The van der Waals surface area contributed by atoms with E-state index in [4.69, 9.17) is 14.2 Å². The molecule has 6 atom stereocenters. The monoisotopic (exact) mass is 326 g/mol. The van der Waals surface area contributed by atoms with Gasteiger partial charge in [-0.05, 0) is 32.1 Å². The molecular formula is C17H26O6. The van der Waals surface area contributed by atoms with Gasteiger partial charge in [-0.2, -0.15) is 0 Å². The van der Waals surface area contributed by atoms with Crippen LogP contribution in [0.5, 0.6) is 0 Å². The third-order valence-electron chi connectivity index (χ3n) is 7.42. The van der Waals surface area contributed by atoms with Crippen molar-refractivity contribution in [3.63, 3.8) is 0 Å². The lowest BCUT2D eigenvalue weighted by molar-refractivity contribution is -0.251. The molecule has 3 aliphatic heterocycles. The summed E-state index contributed by atoms with van der Waals surface area (Å²) in [5, 5.41) is 21.2. The summed E-state index contributed by atoms with van der Waals surface area (Å²) in [7, 11) is 0. The van der Waals surface area contributed by atoms with E-state index in [-0.39, 0.29) is 12.0 Å². The normalized spacial score (nSPS) is 53.2. The summed E-state index contributed by atoms with van der Waals surface area (Å²) in [5.41, 5.74) is -3.69. The first kappa shape index (κ1) is 15.8. The molecule has 4 rings (SSSR count). The fourth-order valence-corrected chi connectivity index (χ4v) is 5.94. The van der Waals surface area contributed by atoms with Crippen molar-refractivity contribution in [2.75, 3.05) is 19.8 Å². The van der Waals surface area contributed by atoms with Crippen LogP contribution in [0.25, 0.3) is 0 Å². The zero-order valence-electron chi connectivity index (χ0n) is 13.8. The van der Waals surface area contributed by atoms with Gasteiger partial charge in [0.15, 0.2) is 6.29 Å². The number of carbonyl (C=O) groups is 1. The van der Waals surface area contributed by atoms with E-state index >= 15 is 0 Å². The average molecular weight is 326 g/mol. The number of aliphatic hydroxyl groups is 2. The molecule has 1 spiro atoms. The van der Waals surface area contributed by atoms with Gasteiger partial charge < -0.3 is 24.4 Å². The zero-order valence-corrected chi connectivity index (χ0v) is 13.8. The highest BCUT2D eigenvalue weighted by Gasteiger charge is 2.85. The highest BCUT2D eigenvalue weighted by Crippen LogP contribution is 2.74. The van der Waals surface area contributed by atoms with Gasteiger partial charge in [0.2, 0.25) is 5.60 Å². The van der Waals surface area contributed by atoms with E-state index in [0.29, 0.717) is 26.1 Å². The van der Waals surface area contributed by atoms with Crippen LogP contribution in [0.3, 0.4) is 0 Å². The third kappa shape index (κ3) is 1.48. The fraction of sp³-hybridized carbons (Fsp3) is 0.941. The molecule has 130 valence electrons. The van der Waals surface area contributed by atoms with Crippen LogP contribution in [0.15, 0.2) is 0 Å². The van der Waals surface area contributed by atoms with Crippen molar-refractivity contribution >= 4 is 5.97 Å². The Hall–Kier alpha value is -0.690. The summed E-state index contributed by atoms with van der Waals surface area (Å²) in [5.74, 6) is -0.968. The van der Waals surface area contributed by atoms with E-state index in [2.05, 4.69) is 6.92 Å². The van der Waals surface area contributed by atoms with Crippen LogP contribution in [0.4, 0.5) is 0 Å². The molecule has 0 aromatic rings. The SMILES string of the molecule is C[C@H](CO)C1(O)CCC2(C)C34CCCOC(=O)C12OC3OCC4. The Morgan fingerprint density at radius 3 is 2.78 bits per heavy atom. The fourth-order valence-electron chi connectivity index (χ4n) is 5.94. The number of cyclic esters (lactones) is 1. The summed E-state index contributed by atoms with van der Waals surface area (Å²) in [4.78, 5) is 13.1. The maximum absolute atomic E-state index is 13.1. The number of esters is 1. The second-order valence-corrected chi connectivity index (χ2v) is 7.99. The minimum Gasteiger partial charge on any atom is -0.463 e. The Morgan fingerprint density at radius 2 is 2.04 bits per heavy atom. The number of aliphatic hydroxyl groups excluding tert-OH is 1. The maximum atomic E-state index is 13.1. The molecular weight excluding hydrogens is 300 g/mol. The second kappa shape index (κ2) is 4.69. The van der Waals surface area contributed by atoms with Crippen LogP contribution >= 0.6 is 0 Å². The molecule has 6 nitrogen and oxygen atoms in total. The van der Waals surface area contributed by atoms with Gasteiger partial charge in [-0.1, -0.05) is 13.8 Å². The minimum atomic E-state index is -1.45. The first-order valence-corrected chi connectivity index (χ1v) is 8.68. The van der Waals surface area contributed by atoms with Crippen molar-refractivity contribution < 1.29 is 29.2 Å². The second-order valence-electron chi connectivity index (χ2n) is 7.99. The van der Waals surface area contributed by atoms with Crippen molar-refractivity contribution in [3.8, 4) is 0 Å². The molecule has 1 saturated carbocycles. The molecule has 5 unspecified atom stereocenters. The van der Waals surface area contributed by atoms with Crippen molar-refractivity contribution in [2.24, 2.45) is 16.7 Å². The van der Waals surface area contributed by atoms with Gasteiger partial charge in [-0.3, -0.25) is 0 Å². The molecule has 1 aliphatic carbocycles. The molecule has 3 heterocycles. The number of hydrogen-bond acceptors (Lipinski definition) is 6. The van der Waals surface area contributed by atoms with Crippen LogP contribution in [0.1, 0.15) is 46.0 Å². The third-order valence-corrected chi connectivity index (χ3v) is 7.42. The smallest absolute Gasteiger partial charge is 0.342 e. The van der Waals surface area contributed by atoms with Gasteiger partial charge in [0, 0.05) is 23.4 Å². The van der Waals surface area contributed by atoms with Crippen LogP contribution in [0.2, 0.25) is 0 Å². The number of ether oxygens (including phenoxy) is 3. The molecule has 2 bridgehead atoms. The van der Waals surface area contributed by atoms with E-state index in [1.54, 1.807) is 6.92 Å². The first-order valence-electron chi connectivity index (χ1n) is 8.68. The predicted molar refractivity (Wildman–Crippen MR) is 79.3 cm³/mol. The number of rotatable bonds is 2. The average Bonchev–Trinajstić information content (AvgIpc) is 3.11. The lowest BCUT2D eigenvalue weighted by atomic mass is 9.54. The van der Waals surface area contributed by atoms with Crippen molar-refractivity contribution in [1.29, 1.82) is 0 Å². The summed E-state index contributed by atoms with van der Waals surface area (Å²) in [6.07, 6.45) is 3.11. The topological polar surface area (TPSA) is 85.2 Å². The van der Waals surface area contributed by atoms with Gasteiger partial charge in [-0.25, -0.2) is 4.79 Å². The zero-order chi connectivity index (χ0) is 16.5. The van der Waals surface area contributed by atoms with E-state index in [1.165, 1.54) is 0 Å². The lowest BCUT2D eigenvalue weighted by Gasteiger charge is -2.49. The van der Waals surface area contributed by atoms with Gasteiger partial charge in [0.25, 0.3) is 0 Å².